The van der Waals surface area contributed by atoms with Crippen molar-refractivity contribution in [3.05, 3.63) is 65.2 Å². The number of carbonyl (C=O) groups is 1. The summed E-state index contributed by atoms with van der Waals surface area (Å²) in [6.07, 6.45) is 0.264. The number of benzene rings is 2. The van der Waals surface area contributed by atoms with Crippen molar-refractivity contribution in [3.63, 3.8) is 0 Å². The molecule has 0 aliphatic heterocycles. The fourth-order valence-electron chi connectivity index (χ4n) is 2.38. The summed E-state index contributed by atoms with van der Waals surface area (Å²) in [4.78, 5) is 11.9. The number of hydrogen-bond donors (Lipinski definition) is 3. The number of rotatable bonds is 6. The number of anilines is 1. The van der Waals surface area contributed by atoms with Crippen molar-refractivity contribution in [2.24, 2.45) is 0 Å². The van der Waals surface area contributed by atoms with Crippen LogP contribution in [0.15, 0.2) is 48.5 Å². The van der Waals surface area contributed by atoms with Gasteiger partial charge >= 0.3 is 0 Å². The van der Waals surface area contributed by atoms with Gasteiger partial charge in [0.2, 0.25) is 5.91 Å². The molecule has 23 heavy (non-hydrogen) atoms. The van der Waals surface area contributed by atoms with Gasteiger partial charge in [-0.3, -0.25) is 4.79 Å². The minimum atomic E-state index is -0.688. The van der Waals surface area contributed by atoms with E-state index in [2.05, 4.69) is 5.32 Å². The van der Waals surface area contributed by atoms with Gasteiger partial charge in [-0.25, -0.2) is 0 Å². The lowest BCUT2D eigenvalue weighted by Crippen LogP contribution is -2.28. The van der Waals surface area contributed by atoms with Crippen LogP contribution >= 0.6 is 12.4 Å². The topological polar surface area (TPSA) is 75.3 Å². The molecular weight excluding hydrogens is 312 g/mol. The van der Waals surface area contributed by atoms with Crippen LogP contribution in [-0.2, 0) is 11.2 Å². The SMILES string of the molecule is Cc1ccccc1C(O)CNC(=O)CCc1ccccc1N.Cl. The molecule has 0 radical (unpaired) electrons. The minimum absolute atomic E-state index is 0. The Morgan fingerprint density at radius 3 is 2.52 bits per heavy atom. The second-order valence-corrected chi connectivity index (χ2v) is 5.38. The molecule has 0 saturated heterocycles. The number of aryl methyl sites for hydroxylation is 2. The zero-order valence-electron chi connectivity index (χ0n) is 13.2. The molecule has 0 spiro atoms. The average molecular weight is 335 g/mol. The third-order valence-corrected chi connectivity index (χ3v) is 3.72. The quantitative estimate of drug-likeness (QED) is 0.711. The molecule has 4 N–H and O–H groups in total. The van der Waals surface area contributed by atoms with Crippen molar-refractivity contribution in [1.82, 2.24) is 5.32 Å². The number of nitrogen functional groups attached to an aromatic ring is 1. The first kappa shape index (κ1) is 19.0. The average Bonchev–Trinajstić information content (AvgIpc) is 2.52. The Morgan fingerprint density at radius 1 is 1.17 bits per heavy atom. The summed E-state index contributed by atoms with van der Waals surface area (Å²) in [7, 11) is 0. The predicted molar refractivity (Wildman–Crippen MR) is 95.6 cm³/mol. The van der Waals surface area contributed by atoms with Gasteiger partial charge in [0.15, 0.2) is 0 Å². The number of amides is 1. The van der Waals surface area contributed by atoms with E-state index in [4.69, 9.17) is 5.73 Å². The molecule has 0 fully saturated rings. The first-order valence-electron chi connectivity index (χ1n) is 7.41. The summed E-state index contributed by atoms with van der Waals surface area (Å²) in [6.45, 7) is 2.16. The van der Waals surface area contributed by atoms with Crippen LogP contribution < -0.4 is 11.1 Å². The molecule has 1 amide bonds. The zero-order valence-corrected chi connectivity index (χ0v) is 14.0. The van der Waals surface area contributed by atoms with Crippen molar-refractivity contribution in [1.29, 1.82) is 0 Å². The monoisotopic (exact) mass is 334 g/mol. The Kier molecular flexibility index (Phi) is 7.59. The maximum atomic E-state index is 11.9. The molecular formula is C18H23ClN2O2. The van der Waals surface area contributed by atoms with E-state index in [1.165, 1.54) is 0 Å². The largest absolute Gasteiger partial charge is 0.399 e. The number of nitrogens with two attached hydrogens (primary N) is 1. The number of aliphatic hydroxyl groups is 1. The summed E-state index contributed by atoms with van der Waals surface area (Å²) in [5.74, 6) is -0.0871. The number of nitrogens with one attached hydrogen (secondary N) is 1. The maximum absolute atomic E-state index is 11.9. The zero-order chi connectivity index (χ0) is 15.9. The van der Waals surface area contributed by atoms with Crippen LogP contribution in [0.3, 0.4) is 0 Å². The molecule has 5 heteroatoms. The summed E-state index contributed by atoms with van der Waals surface area (Å²) < 4.78 is 0. The molecule has 1 atom stereocenters. The third-order valence-electron chi connectivity index (χ3n) is 3.72. The second kappa shape index (κ2) is 9.18. The third kappa shape index (κ3) is 5.58. The Balaban J connectivity index is 0.00000264. The molecule has 124 valence electrons. The second-order valence-electron chi connectivity index (χ2n) is 5.38. The molecule has 2 rings (SSSR count). The normalized spacial score (nSPS) is 11.4. The van der Waals surface area contributed by atoms with Gasteiger partial charge in [-0.1, -0.05) is 42.5 Å². The van der Waals surface area contributed by atoms with Crippen molar-refractivity contribution in [2.45, 2.75) is 25.9 Å². The van der Waals surface area contributed by atoms with E-state index in [1.54, 1.807) is 0 Å². The van der Waals surface area contributed by atoms with Crippen molar-refractivity contribution < 1.29 is 9.90 Å². The molecule has 4 nitrogen and oxygen atoms in total. The number of carbonyl (C=O) groups excluding carboxylic acids is 1. The number of halogens is 1. The Bertz CT molecular complexity index is 646. The van der Waals surface area contributed by atoms with Gasteiger partial charge in [0.25, 0.3) is 0 Å². The molecule has 1 unspecified atom stereocenters. The molecule has 0 bridgehead atoms. The minimum Gasteiger partial charge on any atom is -0.399 e. The highest BCUT2D eigenvalue weighted by Crippen LogP contribution is 2.16. The lowest BCUT2D eigenvalue weighted by Gasteiger charge is -2.14. The van der Waals surface area contributed by atoms with Gasteiger partial charge in [0.05, 0.1) is 6.10 Å². The van der Waals surface area contributed by atoms with Crippen LogP contribution in [0.25, 0.3) is 0 Å². The fourth-order valence-corrected chi connectivity index (χ4v) is 2.38. The van der Waals surface area contributed by atoms with Crippen LogP contribution in [0.4, 0.5) is 5.69 Å². The van der Waals surface area contributed by atoms with Gasteiger partial charge < -0.3 is 16.2 Å². The lowest BCUT2D eigenvalue weighted by atomic mass is 10.0. The highest BCUT2D eigenvalue weighted by atomic mass is 35.5. The van der Waals surface area contributed by atoms with Gasteiger partial charge in [0, 0.05) is 18.7 Å². The standard InChI is InChI=1S/C18H22N2O2.ClH/c1-13-6-2-4-8-15(13)17(21)12-20-18(22)11-10-14-7-3-5-9-16(14)19;/h2-9,17,21H,10-12,19H2,1H3,(H,20,22);1H. The van der Waals surface area contributed by atoms with Crippen LogP contribution in [0.1, 0.15) is 29.2 Å². The molecule has 0 heterocycles. The van der Waals surface area contributed by atoms with Crippen LogP contribution in [0.5, 0.6) is 0 Å². The van der Waals surface area contributed by atoms with E-state index < -0.39 is 6.10 Å². The Hall–Kier alpha value is -2.04. The molecule has 0 saturated carbocycles. The van der Waals surface area contributed by atoms with E-state index in [-0.39, 0.29) is 24.9 Å². The summed E-state index contributed by atoms with van der Waals surface area (Å²) in [5, 5.41) is 12.9. The van der Waals surface area contributed by atoms with E-state index in [0.717, 1.165) is 16.7 Å². The number of aliphatic hydroxyl groups excluding tert-OH is 1. The van der Waals surface area contributed by atoms with Crippen LogP contribution in [0, 0.1) is 6.92 Å². The van der Waals surface area contributed by atoms with E-state index in [0.29, 0.717) is 18.5 Å². The molecule has 0 aromatic heterocycles. The summed E-state index contributed by atoms with van der Waals surface area (Å²) in [6, 6.07) is 15.2. The van der Waals surface area contributed by atoms with Crippen molar-refractivity contribution in [2.75, 3.05) is 12.3 Å². The Morgan fingerprint density at radius 2 is 1.83 bits per heavy atom. The molecule has 2 aromatic rings. The lowest BCUT2D eigenvalue weighted by molar-refractivity contribution is -0.121. The first-order valence-corrected chi connectivity index (χ1v) is 7.41. The maximum Gasteiger partial charge on any atom is 0.220 e. The molecule has 2 aromatic carbocycles. The highest BCUT2D eigenvalue weighted by Gasteiger charge is 2.11. The first-order chi connectivity index (χ1) is 10.6. The highest BCUT2D eigenvalue weighted by molar-refractivity contribution is 5.85. The Labute approximate surface area is 143 Å². The van der Waals surface area contributed by atoms with Gasteiger partial charge in [-0.05, 0) is 36.1 Å². The van der Waals surface area contributed by atoms with Gasteiger partial charge in [0.1, 0.15) is 0 Å². The van der Waals surface area contributed by atoms with Gasteiger partial charge in [-0.2, -0.15) is 0 Å². The predicted octanol–water partition coefficient (Wildman–Crippen LogP) is 2.78. The summed E-state index contributed by atoms with van der Waals surface area (Å²) >= 11 is 0. The van der Waals surface area contributed by atoms with E-state index in [1.807, 2.05) is 55.5 Å². The smallest absolute Gasteiger partial charge is 0.220 e. The van der Waals surface area contributed by atoms with E-state index >= 15 is 0 Å². The molecule has 0 aliphatic rings. The summed E-state index contributed by atoms with van der Waals surface area (Å²) in [5.41, 5.74) is 9.38. The van der Waals surface area contributed by atoms with Crippen LogP contribution in [0.2, 0.25) is 0 Å². The van der Waals surface area contributed by atoms with Crippen molar-refractivity contribution in [3.8, 4) is 0 Å². The van der Waals surface area contributed by atoms with Gasteiger partial charge in [-0.15, -0.1) is 12.4 Å². The van der Waals surface area contributed by atoms with E-state index in [9.17, 15) is 9.90 Å². The number of hydrogen-bond acceptors (Lipinski definition) is 3. The van der Waals surface area contributed by atoms with Crippen LogP contribution in [-0.4, -0.2) is 17.6 Å². The fraction of sp³-hybridized carbons (Fsp3) is 0.278. The van der Waals surface area contributed by atoms with Crippen molar-refractivity contribution >= 4 is 24.0 Å². The molecule has 0 aliphatic carbocycles. The number of para-hydroxylation sites is 1.